The summed E-state index contributed by atoms with van der Waals surface area (Å²) in [7, 11) is 1.62. The summed E-state index contributed by atoms with van der Waals surface area (Å²) in [6, 6.07) is 8.92. The quantitative estimate of drug-likeness (QED) is 0.711. The number of nitriles is 1. The van der Waals surface area contributed by atoms with E-state index >= 15 is 0 Å². The largest absolute Gasteiger partial charge is 0.491 e. The second kappa shape index (κ2) is 8.90. The van der Waals surface area contributed by atoms with Crippen LogP contribution in [0, 0.1) is 11.3 Å². The summed E-state index contributed by atoms with van der Waals surface area (Å²) in [6.07, 6.45) is 3.32. The Morgan fingerprint density at radius 1 is 1.11 bits per heavy atom. The molecule has 1 fully saturated rings. The molecule has 146 valence electrons. The van der Waals surface area contributed by atoms with Crippen LogP contribution in [0.5, 0.6) is 5.75 Å². The highest BCUT2D eigenvalue weighted by atomic mass is 16.5. The Balaban J connectivity index is 2.00. The van der Waals surface area contributed by atoms with Crippen molar-refractivity contribution in [3.8, 4) is 11.8 Å². The topological polar surface area (TPSA) is 79.6 Å². The molecule has 1 aromatic rings. The Morgan fingerprint density at radius 2 is 1.70 bits per heavy atom. The van der Waals surface area contributed by atoms with Gasteiger partial charge in [0.15, 0.2) is 6.10 Å². The molecule has 0 aromatic heterocycles. The maximum absolute atomic E-state index is 12.7. The lowest BCUT2D eigenvalue weighted by Crippen LogP contribution is -2.53. The van der Waals surface area contributed by atoms with Gasteiger partial charge in [0.25, 0.3) is 5.91 Å². The van der Waals surface area contributed by atoms with E-state index in [9.17, 15) is 14.9 Å². The molecule has 0 aliphatic heterocycles. The number of benzene rings is 1. The molecule has 6 nitrogen and oxygen atoms in total. The van der Waals surface area contributed by atoms with Crippen molar-refractivity contribution in [3.05, 3.63) is 29.8 Å². The van der Waals surface area contributed by atoms with E-state index in [-0.39, 0.29) is 12.0 Å². The summed E-state index contributed by atoms with van der Waals surface area (Å²) < 4.78 is 10.9. The average molecular weight is 372 g/mol. The number of nitrogens with zero attached hydrogens (tertiary/aromatic N) is 2. The summed E-state index contributed by atoms with van der Waals surface area (Å²) in [5, 5.41) is 9.63. The zero-order valence-corrected chi connectivity index (χ0v) is 16.5. The highest BCUT2D eigenvalue weighted by molar-refractivity contribution is 5.92. The van der Waals surface area contributed by atoms with E-state index in [1.165, 1.54) is 4.90 Å². The molecule has 0 heterocycles. The standard InChI is InChI=1S/C21H28N2O4/c1-15(2)26-18-10-8-17(9-11-18)20(25)27-16(3)19(24)23(4)21(14-22)12-6-5-7-13-21/h8-11,15-16H,5-7,12-13H2,1-4H3/t16-/m1/s1. The van der Waals surface area contributed by atoms with Crippen molar-refractivity contribution >= 4 is 11.9 Å². The van der Waals surface area contributed by atoms with E-state index in [1.54, 1.807) is 38.2 Å². The number of hydrogen-bond donors (Lipinski definition) is 0. The molecule has 0 spiro atoms. The van der Waals surface area contributed by atoms with Gasteiger partial charge in [-0.2, -0.15) is 5.26 Å². The molecule has 0 N–H and O–H groups in total. The van der Waals surface area contributed by atoms with E-state index in [0.717, 1.165) is 19.3 Å². The fraction of sp³-hybridized carbons (Fsp3) is 0.571. The number of ether oxygens (including phenoxy) is 2. The molecule has 1 aliphatic rings. The van der Waals surface area contributed by atoms with Crippen molar-refractivity contribution in [2.24, 2.45) is 0 Å². The Morgan fingerprint density at radius 3 is 2.22 bits per heavy atom. The van der Waals surface area contributed by atoms with Crippen molar-refractivity contribution in [1.29, 1.82) is 5.26 Å². The molecular formula is C21H28N2O4. The van der Waals surface area contributed by atoms with E-state index in [2.05, 4.69) is 6.07 Å². The fourth-order valence-electron chi connectivity index (χ4n) is 3.36. The van der Waals surface area contributed by atoms with Gasteiger partial charge in [-0.1, -0.05) is 19.3 Å². The van der Waals surface area contributed by atoms with E-state index < -0.39 is 17.6 Å². The van der Waals surface area contributed by atoms with Crippen molar-refractivity contribution in [2.45, 2.75) is 70.6 Å². The normalized spacial score (nSPS) is 16.9. The summed E-state index contributed by atoms with van der Waals surface area (Å²) in [4.78, 5) is 26.5. The van der Waals surface area contributed by atoms with E-state index in [0.29, 0.717) is 24.2 Å². The summed E-state index contributed by atoms with van der Waals surface area (Å²) in [6.45, 7) is 5.39. The first-order chi connectivity index (χ1) is 12.8. The smallest absolute Gasteiger partial charge is 0.338 e. The third kappa shape index (κ3) is 5.00. The first-order valence-electron chi connectivity index (χ1n) is 9.46. The van der Waals surface area contributed by atoms with Crippen LogP contribution in [0.25, 0.3) is 0 Å². The molecule has 0 bridgehead atoms. The minimum atomic E-state index is -0.957. The number of esters is 1. The number of likely N-dealkylation sites (N-methyl/N-ethyl adjacent to an activating group) is 1. The minimum Gasteiger partial charge on any atom is -0.491 e. The summed E-state index contributed by atoms with van der Waals surface area (Å²) in [5.41, 5.74) is -0.452. The molecule has 27 heavy (non-hydrogen) atoms. The van der Waals surface area contributed by atoms with E-state index in [4.69, 9.17) is 9.47 Å². The second-order valence-electron chi connectivity index (χ2n) is 7.34. The van der Waals surface area contributed by atoms with Crippen LogP contribution in [0.3, 0.4) is 0 Å². The van der Waals surface area contributed by atoms with Crippen LogP contribution in [0.15, 0.2) is 24.3 Å². The zero-order valence-electron chi connectivity index (χ0n) is 16.5. The van der Waals surface area contributed by atoms with Gasteiger partial charge in [0.05, 0.1) is 17.7 Å². The van der Waals surface area contributed by atoms with Gasteiger partial charge in [-0.05, 0) is 57.9 Å². The van der Waals surface area contributed by atoms with Gasteiger partial charge in [-0.3, -0.25) is 4.79 Å². The van der Waals surface area contributed by atoms with Crippen LogP contribution in [0.4, 0.5) is 0 Å². The van der Waals surface area contributed by atoms with Crippen LogP contribution < -0.4 is 4.74 Å². The maximum Gasteiger partial charge on any atom is 0.338 e. The van der Waals surface area contributed by atoms with Gasteiger partial charge in [-0.25, -0.2) is 4.79 Å². The molecular weight excluding hydrogens is 344 g/mol. The highest BCUT2D eigenvalue weighted by Gasteiger charge is 2.40. The maximum atomic E-state index is 12.7. The molecule has 0 saturated heterocycles. The number of amides is 1. The van der Waals surface area contributed by atoms with Gasteiger partial charge in [0, 0.05) is 7.05 Å². The number of rotatable bonds is 6. The average Bonchev–Trinajstić information content (AvgIpc) is 2.67. The highest BCUT2D eigenvalue weighted by Crippen LogP contribution is 2.33. The molecule has 1 saturated carbocycles. The Hall–Kier alpha value is -2.55. The van der Waals surface area contributed by atoms with Crippen LogP contribution in [0.2, 0.25) is 0 Å². The van der Waals surface area contributed by atoms with Gasteiger partial charge in [-0.15, -0.1) is 0 Å². The molecule has 2 rings (SSSR count). The van der Waals surface area contributed by atoms with Crippen molar-refractivity contribution < 1.29 is 19.1 Å². The first kappa shape index (κ1) is 20.8. The lowest BCUT2D eigenvalue weighted by Gasteiger charge is -2.39. The third-order valence-corrected chi connectivity index (χ3v) is 4.95. The first-order valence-corrected chi connectivity index (χ1v) is 9.46. The summed E-state index contributed by atoms with van der Waals surface area (Å²) >= 11 is 0. The Kier molecular flexibility index (Phi) is 6.84. The SMILES string of the molecule is CC(C)Oc1ccc(C(=O)O[C@H](C)C(=O)N(C)C2(C#N)CCCCC2)cc1. The van der Waals surface area contributed by atoms with Crippen molar-refractivity contribution in [1.82, 2.24) is 4.90 Å². The monoisotopic (exact) mass is 372 g/mol. The third-order valence-electron chi connectivity index (χ3n) is 4.95. The van der Waals surface area contributed by atoms with Crippen LogP contribution in [-0.2, 0) is 9.53 Å². The van der Waals surface area contributed by atoms with Crippen molar-refractivity contribution in [2.75, 3.05) is 7.05 Å². The Bertz CT molecular complexity index is 700. The predicted molar refractivity (Wildman–Crippen MR) is 101 cm³/mol. The van der Waals surface area contributed by atoms with Gasteiger partial charge >= 0.3 is 5.97 Å². The van der Waals surface area contributed by atoms with Crippen LogP contribution in [0.1, 0.15) is 63.2 Å². The molecule has 0 unspecified atom stereocenters. The number of hydrogen-bond acceptors (Lipinski definition) is 5. The molecule has 1 aromatic carbocycles. The van der Waals surface area contributed by atoms with Crippen LogP contribution >= 0.6 is 0 Å². The van der Waals surface area contributed by atoms with Gasteiger partial charge in [0.1, 0.15) is 11.3 Å². The van der Waals surface area contributed by atoms with Crippen molar-refractivity contribution in [3.63, 3.8) is 0 Å². The molecule has 1 atom stereocenters. The lowest BCUT2D eigenvalue weighted by molar-refractivity contribution is -0.143. The van der Waals surface area contributed by atoms with Gasteiger partial charge < -0.3 is 14.4 Å². The molecule has 1 amide bonds. The second-order valence-corrected chi connectivity index (χ2v) is 7.34. The Labute approximate surface area is 161 Å². The predicted octanol–water partition coefficient (Wildman–Crippen LogP) is 3.70. The molecule has 0 radical (unpaired) electrons. The molecule has 1 aliphatic carbocycles. The number of carbonyl (C=O) groups excluding carboxylic acids is 2. The molecule has 6 heteroatoms. The number of carbonyl (C=O) groups is 2. The summed E-state index contributed by atoms with van der Waals surface area (Å²) in [5.74, 6) is -0.264. The fourth-order valence-corrected chi connectivity index (χ4v) is 3.36. The van der Waals surface area contributed by atoms with E-state index in [1.807, 2.05) is 13.8 Å². The lowest BCUT2D eigenvalue weighted by atomic mass is 9.81. The zero-order chi connectivity index (χ0) is 20.0. The van der Waals surface area contributed by atoms with Gasteiger partial charge in [0.2, 0.25) is 0 Å². The minimum absolute atomic E-state index is 0.0447. The van der Waals surface area contributed by atoms with Crippen LogP contribution in [-0.4, -0.2) is 41.6 Å².